The average molecular weight is 537 g/mol. The molecule has 0 amide bonds. The van der Waals surface area contributed by atoms with E-state index in [1.807, 2.05) is 42.5 Å². The summed E-state index contributed by atoms with van der Waals surface area (Å²) in [7, 11) is -1.90. The van der Waals surface area contributed by atoms with E-state index < -0.39 is 27.1 Å². The second kappa shape index (κ2) is 8.54. The minimum absolute atomic E-state index is 0.0500. The van der Waals surface area contributed by atoms with E-state index in [-0.39, 0.29) is 23.8 Å². The molecule has 2 aliphatic heterocycles. The van der Waals surface area contributed by atoms with Gasteiger partial charge in [-0.15, -0.1) is 0 Å². The molecule has 8 heteroatoms. The molecule has 0 aromatic heterocycles. The molecular weight excluding hydrogens is 500 g/mol. The summed E-state index contributed by atoms with van der Waals surface area (Å²) in [5, 5.41) is 0. The van der Waals surface area contributed by atoms with Gasteiger partial charge in [0.05, 0.1) is 23.3 Å². The number of esters is 1. The molecule has 38 heavy (non-hydrogen) atoms. The second-order valence-electron chi connectivity index (χ2n) is 12.1. The van der Waals surface area contributed by atoms with Crippen molar-refractivity contribution in [3.05, 3.63) is 65.2 Å². The molecule has 2 aromatic rings. The Morgan fingerprint density at radius 1 is 1.11 bits per heavy atom. The number of nitrogens with zero attached hydrogens (tertiary/aromatic N) is 2. The van der Waals surface area contributed by atoms with Crippen molar-refractivity contribution >= 4 is 16.0 Å². The number of carbonyl (C=O) groups excluding carboxylic acids is 1. The standard InChI is InChI=1S/C30H36N2O5S/c1-20(33)37-30-14-13-24(31(2)38(34,35)19-22-7-4-3-5-8-22)28-29(30)15-16-32(18-21-11-12-21)26(30)17-23-9-6-10-25(36-28)27(23)29/h3-10,21,24,26,28H,11-19H2,1-2H3/t24-,26+,28-,29-,30+/m0/s1. The summed E-state index contributed by atoms with van der Waals surface area (Å²) in [6.07, 6.45) is 4.97. The van der Waals surface area contributed by atoms with Gasteiger partial charge in [0.1, 0.15) is 17.5 Å². The van der Waals surface area contributed by atoms with Gasteiger partial charge in [-0.05, 0) is 68.2 Å². The highest BCUT2D eigenvalue weighted by Crippen LogP contribution is 2.66. The Bertz CT molecular complexity index is 1380. The normalized spacial score (nSPS) is 33.5. The zero-order chi connectivity index (χ0) is 26.3. The number of hydrogen-bond acceptors (Lipinski definition) is 6. The maximum Gasteiger partial charge on any atom is 0.303 e. The first-order chi connectivity index (χ1) is 18.2. The van der Waals surface area contributed by atoms with E-state index in [0.29, 0.717) is 12.8 Å². The van der Waals surface area contributed by atoms with Gasteiger partial charge in [0.2, 0.25) is 10.0 Å². The Morgan fingerprint density at radius 2 is 1.89 bits per heavy atom. The van der Waals surface area contributed by atoms with Crippen molar-refractivity contribution in [1.82, 2.24) is 9.21 Å². The quantitative estimate of drug-likeness (QED) is 0.503. The van der Waals surface area contributed by atoms with Crippen LogP contribution in [0.15, 0.2) is 48.5 Å². The molecule has 2 aromatic carbocycles. The smallest absolute Gasteiger partial charge is 0.303 e. The second-order valence-corrected chi connectivity index (χ2v) is 14.1. The summed E-state index contributed by atoms with van der Waals surface area (Å²) >= 11 is 0. The topological polar surface area (TPSA) is 76.1 Å². The lowest BCUT2D eigenvalue weighted by molar-refractivity contribution is -0.221. The Balaban J connectivity index is 1.32. The van der Waals surface area contributed by atoms with Gasteiger partial charge in [-0.1, -0.05) is 42.5 Å². The number of ether oxygens (including phenoxy) is 2. The Kier molecular flexibility index (Phi) is 5.53. The number of piperidine rings is 1. The molecule has 3 fully saturated rings. The SMILES string of the molecule is CC(=O)O[C@@]12CC[C@H](N(C)S(=O)(=O)Cc3ccccc3)[C@@H]3Oc4cccc5c4[C@@]31CCN(CC1CC1)[C@@H]2C5. The highest BCUT2D eigenvalue weighted by molar-refractivity contribution is 7.88. The maximum absolute atomic E-state index is 13.7. The van der Waals surface area contributed by atoms with Crippen molar-refractivity contribution in [3.8, 4) is 5.75 Å². The third-order valence-electron chi connectivity index (χ3n) is 10.0. The van der Waals surface area contributed by atoms with Gasteiger partial charge in [0, 0.05) is 26.1 Å². The number of likely N-dealkylation sites (N-methyl/N-ethyl adjacent to an activating group) is 1. The van der Waals surface area contributed by atoms with E-state index in [4.69, 9.17) is 9.47 Å². The van der Waals surface area contributed by atoms with Gasteiger partial charge in [-0.25, -0.2) is 8.42 Å². The van der Waals surface area contributed by atoms with Crippen LogP contribution in [0.5, 0.6) is 5.75 Å². The molecule has 5 atom stereocenters. The zero-order valence-corrected chi connectivity index (χ0v) is 23.0. The molecule has 202 valence electrons. The Hall–Kier alpha value is -2.42. The van der Waals surface area contributed by atoms with Crippen LogP contribution >= 0.6 is 0 Å². The predicted molar refractivity (Wildman–Crippen MR) is 143 cm³/mol. The number of hydrogen-bond donors (Lipinski definition) is 0. The minimum Gasteiger partial charge on any atom is -0.487 e. The van der Waals surface area contributed by atoms with Crippen molar-refractivity contribution < 1.29 is 22.7 Å². The summed E-state index contributed by atoms with van der Waals surface area (Å²) in [6.45, 7) is 3.46. The van der Waals surface area contributed by atoms with Crippen molar-refractivity contribution in [2.75, 3.05) is 20.1 Å². The number of likely N-dealkylation sites (tertiary alicyclic amines) is 1. The molecule has 0 N–H and O–H groups in total. The molecule has 0 radical (unpaired) electrons. The van der Waals surface area contributed by atoms with Crippen molar-refractivity contribution in [1.29, 1.82) is 0 Å². The number of carbonyl (C=O) groups is 1. The molecular formula is C30H36N2O5S. The van der Waals surface area contributed by atoms with Crippen LogP contribution in [0.2, 0.25) is 0 Å². The predicted octanol–water partition coefficient (Wildman–Crippen LogP) is 3.65. The first kappa shape index (κ1) is 24.6. The van der Waals surface area contributed by atoms with Crippen LogP contribution in [0.3, 0.4) is 0 Å². The summed E-state index contributed by atoms with van der Waals surface area (Å²) in [5.41, 5.74) is 1.90. The lowest BCUT2D eigenvalue weighted by atomic mass is 9.48. The molecule has 7 nitrogen and oxygen atoms in total. The van der Waals surface area contributed by atoms with E-state index in [1.54, 1.807) is 11.4 Å². The summed E-state index contributed by atoms with van der Waals surface area (Å²) in [4.78, 5) is 15.3. The average Bonchev–Trinajstić information content (AvgIpc) is 3.63. The van der Waals surface area contributed by atoms with E-state index in [0.717, 1.165) is 48.7 Å². The van der Waals surface area contributed by atoms with Gasteiger partial charge in [-0.2, -0.15) is 4.31 Å². The number of rotatable bonds is 7. The molecule has 2 saturated carbocycles. The number of sulfonamides is 1. The van der Waals surface area contributed by atoms with E-state index in [2.05, 4.69) is 11.0 Å². The van der Waals surface area contributed by atoms with Crippen LogP contribution in [0.4, 0.5) is 0 Å². The lowest BCUT2D eigenvalue weighted by Crippen LogP contribution is -2.79. The van der Waals surface area contributed by atoms with Crippen LogP contribution in [-0.2, 0) is 37.1 Å². The van der Waals surface area contributed by atoms with Crippen LogP contribution in [0.25, 0.3) is 0 Å². The van der Waals surface area contributed by atoms with Crippen molar-refractivity contribution in [2.24, 2.45) is 5.92 Å². The first-order valence-corrected chi connectivity index (χ1v) is 15.6. The van der Waals surface area contributed by atoms with E-state index >= 15 is 0 Å². The third-order valence-corrected chi connectivity index (χ3v) is 11.9. The van der Waals surface area contributed by atoms with Crippen molar-refractivity contribution in [3.63, 3.8) is 0 Å². The van der Waals surface area contributed by atoms with Gasteiger partial charge < -0.3 is 9.47 Å². The Labute approximate surface area is 225 Å². The molecule has 7 rings (SSSR count). The summed E-state index contributed by atoms with van der Waals surface area (Å²) in [6, 6.07) is 15.3. The fourth-order valence-electron chi connectivity index (χ4n) is 8.33. The molecule has 2 bridgehead atoms. The highest BCUT2D eigenvalue weighted by atomic mass is 32.2. The van der Waals surface area contributed by atoms with Crippen LogP contribution in [-0.4, -0.2) is 67.5 Å². The zero-order valence-electron chi connectivity index (χ0n) is 22.1. The molecule has 5 aliphatic rings. The van der Waals surface area contributed by atoms with E-state index in [1.165, 1.54) is 25.3 Å². The fourth-order valence-corrected chi connectivity index (χ4v) is 9.77. The maximum atomic E-state index is 13.7. The van der Waals surface area contributed by atoms with Crippen LogP contribution in [0.1, 0.15) is 55.7 Å². The van der Waals surface area contributed by atoms with Gasteiger partial charge >= 0.3 is 5.97 Å². The molecule has 3 aliphatic carbocycles. The van der Waals surface area contributed by atoms with Gasteiger partial charge in [0.15, 0.2) is 0 Å². The summed E-state index contributed by atoms with van der Waals surface area (Å²) < 4.78 is 42.3. The third kappa shape index (κ3) is 3.45. The summed E-state index contributed by atoms with van der Waals surface area (Å²) in [5.74, 6) is 1.25. The molecule has 0 unspecified atom stereocenters. The molecule has 1 saturated heterocycles. The minimum atomic E-state index is -3.61. The monoisotopic (exact) mass is 536 g/mol. The number of benzene rings is 2. The Morgan fingerprint density at radius 3 is 2.63 bits per heavy atom. The lowest BCUT2D eigenvalue weighted by Gasteiger charge is -2.65. The molecule has 1 spiro atoms. The fraction of sp³-hybridized carbons (Fsp3) is 0.567. The van der Waals surface area contributed by atoms with Crippen LogP contribution in [0, 0.1) is 5.92 Å². The van der Waals surface area contributed by atoms with Gasteiger partial charge in [0.25, 0.3) is 0 Å². The van der Waals surface area contributed by atoms with Crippen LogP contribution < -0.4 is 4.74 Å². The molecule has 2 heterocycles. The van der Waals surface area contributed by atoms with Gasteiger partial charge in [-0.3, -0.25) is 9.69 Å². The largest absolute Gasteiger partial charge is 0.487 e. The van der Waals surface area contributed by atoms with Crippen molar-refractivity contribution in [2.45, 2.75) is 80.4 Å². The first-order valence-electron chi connectivity index (χ1n) is 14.0. The highest BCUT2D eigenvalue weighted by Gasteiger charge is 2.75. The van der Waals surface area contributed by atoms with E-state index in [9.17, 15) is 13.2 Å².